The molecule has 3 rings (SSSR count). The van der Waals surface area contributed by atoms with E-state index in [1.165, 1.54) is 44.7 Å². The molecule has 148 valence electrons. The molecular formula is C20H29ClN4O2. The minimum atomic E-state index is -0.590. The van der Waals surface area contributed by atoms with E-state index in [1.807, 2.05) is 0 Å². The Morgan fingerprint density at radius 2 is 2.00 bits per heavy atom. The van der Waals surface area contributed by atoms with E-state index >= 15 is 0 Å². The van der Waals surface area contributed by atoms with Gasteiger partial charge < -0.3 is 10.2 Å². The molecule has 2 aliphatic rings. The van der Waals surface area contributed by atoms with Crippen LogP contribution in [-0.2, 0) is 4.79 Å². The highest BCUT2D eigenvalue weighted by Crippen LogP contribution is 2.27. The number of halogens is 1. The number of hydrogen-bond donors (Lipinski definition) is 3. The van der Waals surface area contributed by atoms with Crippen molar-refractivity contribution >= 4 is 29.4 Å². The zero-order valence-corrected chi connectivity index (χ0v) is 16.4. The molecule has 0 atom stereocenters. The Balaban J connectivity index is 1.47. The van der Waals surface area contributed by atoms with Gasteiger partial charge >= 0.3 is 0 Å². The SMILES string of the molecule is O=C(C=Cc1cnc(NC2CCN(CC3CCCCC3)CC2)c(Cl)c1)NO. The third-order valence-electron chi connectivity index (χ3n) is 5.57. The second-order valence-corrected chi connectivity index (χ2v) is 8.04. The molecule has 1 aliphatic heterocycles. The van der Waals surface area contributed by atoms with E-state index in [1.54, 1.807) is 23.8 Å². The van der Waals surface area contributed by atoms with E-state index < -0.39 is 5.91 Å². The van der Waals surface area contributed by atoms with Crippen molar-refractivity contribution in [2.24, 2.45) is 5.92 Å². The first-order valence-electron chi connectivity index (χ1n) is 9.90. The van der Waals surface area contributed by atoms with Gasteiger partial charge in [0.25, 0.3) is 5.91 Å². The van der Waals surface area contributed by atoms with E-state index in [2.05, 4.69) is 15.2 Å². The van der Waals surface area contributed by atoms with Gasteiger partial charge in [0.2, 0.25) is 0 Å². The molecule has 0 aromatic carbocycles. The number of rotatable bonds is 6. The van der Waals surface area contributed by atoms with Crippen LogP contribution in [0, 0.1) is 5.92 Å². The van der Waals surface area contributed by atoms with Crippen molar-refractivity contribution in [1.82, 2.24) is 15.4 Å². The average Bonchev–Trinajstić information content (AvgIpc) is 2.70. The van der Waals surface area contributed by atoms with Crippen LogP contribution in [0.15, 0.2) is 18.3 Å². The van der Waals surface area contributed by atoms with Crippen LogP contribution in [0.3, 0.4) is 0 Å². The van der Waals surface area contributed by atoms with Crippen molar-refractivity contribution in [3.63, 3.8) is 0 Å². The van der Waals surface area contributed by atoms with Crippen LogP contribution in [0.4, 0.5) is 5.82 Å². The van der Waals surface area contributed by atoms with E-state index in [4.69, 9.17) is 16.8 Å². The average molecular weight is 393 g/mol. The summed E-state index contributed by atoms with van der Waals surface area (Å²) in [7, 11) is 0. The molecule has 2 fully saturated rings. The molecule has 27 heavy (non-hydrogen) atoms. The Hall–Kier alpha value is -1.63. The quantitative estimate of drug-likeness (QED) is 0.391. The van der Waals surface area contributed by atoms with Crippen LogP contribution < -0.4 is 10.8 Å². The fourth-order valence-electron chi connectivity index (χ4n) is 4.05. The van der Waals surface area contributed by atoms with E-state index in [-0.39, 0.29) is 0 Å². The number of pyridine rings is 1. The Labute approximate surface area is 165 Å². The summed E-state index contributed by atoms with van der Waals surface area (Å²) in [5, 5.41) is 12.5. The van der Waals surface area contributed by atoms with E-state index in [0.29, 0.717) is 22.4 Å². The molecule has 1 saturated carbocycles. The minimum absolute atomic E-state index is 0.388. The number of likely N-dealkylation sites (tertiary alicyclic amines) is 1. The lowest BCUT2D eigenvalue weighted by molar-refractivity contribution is -0.124. The first kappa shape index (κ1) is 20.1. The molecule has 2 heterocycles. The third-order valence-corrected chi connectivity index (χ3v) is 5.86. The molecule has 1 amide bonds. The first-order valence-corrected chi connectivity index (χ1v) is 10.3. The highest BCUT2D eigenvalue weighted by Gasteiger charge is 2.23. The van der Waals surface area contributed by atoms with Gasteiger partial charge in [-0.2, -0.15) is 0 Å². The van der Waals surface area contributed by atoms with Gasteiger partial charge in [-0.15, -0.1) is 0 Å². The Morgan fingerprint density at radius 3 is 2.67 bits per heavy atom. The Kier molecular flexibility index (Phi) is 7.50. The Morgan fingerprint density at radius 1 is 1.26 bits per heavy atom. The molecule has 3 N–H and O–H groups in total. The van der Waals surface area contributed by atoms with Crippen molar-refractivity contribution in [2.75, 3.05) is 25.0 Å². The largest absolute Gasteiger partial charge is 0.366 e. The smallest absolute Gasteiger partial charge is 0.267 e. The van der Waals surface area contributed by atoms with Gasteiger partial charge in [-0.3, -0.25) is 10.0 Å². The van der Waals surface area contributed by atoms with Gasteiger partial charge in [0.05, 0.1) is 5.02 Å². The number of piperidine rings is 1. The molecule has 1 aliphatic carbocycles. The highest BCUT2D eigenvalue weighted by atomic mass is 35.5. The number of hydroxylamine groups is 1. The predicted octanol–water partition coefficient (Wildman–Crippen LogP) is 3.71. The fourth-order valence-corrected chi connectivity index (χ4v) is 4.28. The number of nitrogens with zero attached hydrogens (tertiary/aromatic N) is 2. The second kappa shape index (κ2) is 10.1. The number of hydrogen-bond acceptors (Lipinski definition) is 5. The number of carbonyl (C=O) groups excluding carboxylic acids is 1. The molecule has 0 bridgehead atoms. The molecule has 0 spiro atoms. The summed E-state index contributed by atoms with van der Waals surface area (Å²) in [6, 6.07) is 2.15. The lowest BCUT2D eigenvalue weighted by Crippen LogP contribution is -2.41. The van der Waals surface area contributed by atoms with E-state index in [9.17, 15) is 4.79 Å². The molecule has 1 aromatic rings. The molecule has 7 heteroatoms. The molecule has 1 aromatic heterocycles. The van der Waals surface area contributed by atoms with Gasteiger partial charge in [-0.05, 0) is 49.3 Å². The van der Waals surface area contributed by atoms with Crippen LogP contribution in [0.25, 0.3) is 6.08 Å². The summed E-state index contributed by atoms with van der Waals surface area (Å²) >= 11 is 6.34. The zero-order chi connectivity index (χ0) is 19.1. The maximum Gasteiger partial charge on any atom is 0.267 e. The van der Waals surface area contributed by atoms with Gasteiger partial charge in [0, 0.05) is 37.9 Å². The third kappa shape index (κ3) is 6.19. The minimum Gasteiger partial charge on any atom is -0.366 e. The van der Waals surface area contributed by atoms with Crippen molar-refractivity contribution in [1.29, 1.82) is 0 Å². The molecular weight excluding hydrogens is 364 g/mol. The number of amides is 1. The number of carbonyl (C=O) groups is 1. The standard InChI is InChI=1S/C20H29ClN4O2/c21-18-12-16(6-7-19(26)24-27)13-22-20(18)23-17-8-10-25(11-9-17)14-15-4-2-1-3-5-15/h6-7,12-13,15,17,27H,1-5,8-11,14H2,(H,22,23)(H,24,26). The number of anilines is 1. The predicted molar refractivity (Wildman–Crippen MR) is 108 cm³/mol. The summed E-state index contributed by atoms with van der Waals surface area (Å²) in [5.74, 6) is 0.993. The van der Waals surface area contributed by atoms with E-state index in [0.717, 1.165) is 31.8 Å². The maximum absolute atomic E-state index is 11.0. The van der Waals surface area contributed by atoms with Gasteiger partial charge in [-0.25, -0.2) is 10.5 Å². The number of nitrogens with one attached hydrogen (secondary N) is 2. The van der Waals surface area contributed by atoms with Crippen molar-refractivity contribution in [2.45, 2.75) is 51.0 Å². The summed E-state index contributed by atoms with van der Waals surface area (Å²) in [6.45, 7) is 3.51. The zero-order valence-electron chi connectivity index (χ0n) is 15.7. The first-order chi connectivity index (χ1) is 13.1. The lowest BCUT2D eigenvalue weighted by Gasteiger charge is -2.35. The topological polar surface area (TPSA) is 77.5 Å². The van der Waals surface area contributed by atoms with Crippen LogP contribution in [0.2, 0.25) is 5.02 Å². The molecule has 0 unspecified atom stereocenters. The monoisotopic (exact) mass is 392 g/mol. The van der Waals surface area contributed by atoms with Crippen LogP contribution in [0.5, 0.6) is 0 Å². The van der Waals surface area contributed by atoms with Crippen molar-refractivity contribution < 1.29 is 10.0 Å². The molecule has 1 saturated heterocycles. The molecule has 6 nitrogen and oxygen atoms in total. The fraction of sp³-hybridized carbons (Fsp3) is 0.600. The lowest BCUT2D eigenvalue weighted by atomic mass is 9.88. The second-order valence-electron chi connectivity index (χ2n) is 7.63. The van der Waals surface area contributed by atoms with Crippen LogP contribution >= 0.6 is 11.6 Å². The summed E-state index contributed by atoms with van der Waals surface area (Å²) in [5.41, 5.74) is 2.25. The van der Waals surface area contributed by atoms with Gasteiger partial charge in [-0.1, -0.05) is 30.9 Å². The normalized spacial score (nSPS) is 20.1. The van der Waals surface area contributed by atoms with Crippen molar-refractivity contribution in [3.05, 3.63) is 28.9 Å². The summed E-state index contributed by atoms with van der Waals surface area (Å²) < 4.78 is 0. The Bertz CT molecular complexity index is 653. The van der Waals surface area contributed by atoms with Crippen molar-refractivity contribution in [3.8, 4) is 0 Å². The van der Waals surface area contributed by atoms with Crippen LogP contribution in [0.1, 0.15) is 50.5 Å². The van der Waals surface area contributed by atoms with Gasteiger partial charge in [0.1, 0.15) is 5.82 Å². The van der Waals surface area contributed by atoms with Crippen LogP contribution in [-0.4, -0.2) is 46.7 Å². The number of aromatic nitrogens is 1. The molecule has 0 radical (unpaired) electrons. The van der Waals surface area contributed by atoms with Gasteiger partial charge in [0.15, 0.2) is 0 Å². The summed E-state index contributed by atoms with van der Waals surface area (Å²) in [4.78, 5) is 18.0. The summed E-state index contributed by atoms with van der Waals surface area (Å²) in [6.07, 6.45) is 13.7. The highest BCUT2D eigenvalue weighted by molar-refractivity contribution is 6.33. The maximum atomic E-state index is 11.0.